The van der Waals surface area contributed by atoms with Gasteiger partial charge in [0.15, 0.2) is 5.13 Å². The summed E-state index contributed by atoms with van der Waals surface area (Å²) in [5.41, 5.74) is -2.42. The Kier molecular flexibility index (Phi) is 6.64. The predicted molar refractivity (Wildman–Crippen MR) is 111 cm³/mol. The van der Waals surface area contributed by atoms with Crippen molar-refractivity contribution in [3.8, 4) is 6.07 Å². The molecule has 30 heavy (non-hydrogen) atoms. The summed E-state index contributed by atoms with van der Waals surface area (Å²) in [6.07, 6.45) is 0. The number of rotatable bonds is 6. The molecule has 3 aromatic rings. The van der Waals surface area contributed by atoms with Gasteiger partial charge in [-0.05, 0) is 36.8 Å². The van der Waals surface area contributed by atoms with Gasteiger partial charge in [-0.25, -0.2) is 4.98 Å². The van der Waals surface area contributed by atoms with E-state index >= 15 is 0 Å². The molecule has 0 atom stereocenters. The van der Waals surface area contributed by atoms with Gasteiger partial charge in [-0.1, -0.05) is 30.3 Å². The summed E-state index contributed by atoms with van der Waals surface area (Å²) in [5, 5.41) is 9.49. The Hall–Kier alpha value is -3.03. The summed E-state index contributed by atoms with van der Waals surface area (Å²) < 4.78 is 39.0. The number of hydrogen-bond acceptors (Lipinski definition) is 6. The zero-order valence-electron chi connectivity index (χ0n) is 15.6. The number of aromatic nitrogens is 1. The lowest BCUT2D eigenvalue weighted by Crippen LogP contribution is -2.22. The molecule has 0 unspecified atom stereocenters. The maximum atomic E-state index is 12.4. The average Bonchev–Trinajstić information content (AvgIpc) is 3.12. The van der Waals surface area contributed by atoms with E-state index in [1.165, 1.54) is 11.3 Å². The van der Waals surface area contributed by atoms with Crippen LogP contribution in [0.2, 0.25) is 0 Å². The highest BCUT2D eigenvalue weighted by molar-refractivity contribution is 7.98. The summed E-state index contributed by atoms with van der Waals surface area (Å²) >= 11 is 0.593. The van der Waals surface area contributed by atoms with Crippen LogP contribution in [0.5, 0.6) is 0 Å². The first kappa shape index (κ1) is 21.7. The zero-order chi connectivity index (χ0) is 21.7. The maximum absolute atomic E-state index is 12.4. The summed E-state index contributed by atoms with van der Waals surface area (Å²) in [6.45, 7) is 2.06. The second-order valence-corrected chi connectivity index (χ2v) is 8.16. The molecule has 0 fully saturated rings. The van der Waals surface area contributed by atoms with Gasteiger partial charge in [0.25, 0.3) is 5.91 Å². The van der Waals surface area contributed by atoms with Crippen molar-refractivity contribution in [2.75, 3.05) is 4.90 Å². The quantitative estimate of drug-likeness (QED) is 0.500. The fourth-order valence-electron chi connectivity index (χ4n) is 2.61. The fourth-order valence-corrected chi connectivity index (χ4v) is 3.84. The molecule has 154 valence electrons. The van der Waals surface area contributed by atoms with Crippen LogP contribution in [0.3, 0.4) is 0 Å². The van der Waals surface area contributed by atoms with Gasteiger partial charge in [-0.15, -0.1) is 11.3 Å². The number of thiazole rings is 1. The van der Waals surface area contributed by atoms with Crippen molar-refractivity contribution in [2.45, 2.75) is 19.0 Å². The first-order valence-electron chi connectivity index (χ1n) is 8.61. The first-order valence-corrected chi connectivity index (χ1v) is 10.2. The van der Waals surface area contributed by atoms with E-state index in [-0.39, 0.29) is 5.69 Å². The lowest BCUT2D eigenvalue weighted by molar-refractivity contribution is -0.0335. The molecule has 1 N–H and O–H groups in total. The number of benzene rings is 2. The number of amides is 1. The SMILES string of the molecule is Cc1sc(N(Cc2ccccc2)c2ccc(C#N)cc2)nc1C(=O)NSC(F)(F)F. The third kappa shape index (κ3) is 5.52. The Morgan fingerprint density at radius 2 is 1.87 bits per heavy atom. The Morgan fingerprint density at radius 1 is 1.20 bits per heavy atom. The monoisotopic (exact) mass is 448 g/mol. The van der Waals surface area contributed by atoms with Gasteiger partial charge in [0.05, 0.1) is 30.1 Å². The van der Waals surface area contributed by atoms with Gasteiger partial charge < -0.3 is 4.90 Å². The van der Waals surface area contributed by atoms with Gasteiger partial charge in [0.1, 0.15) is 5.69 Å². The van der Waals surface area contributed by atoms with E-state index in [1.807, 2.05) is 35.2 Å². The lowest BCUT2D eigenvalue weighted by Gasteiger charge is -2.22. The third-order valence-corrected chi connectivity index (χ3v) is 5.50. The molecule has 0 radical (unpaired) electrons. The number of nitrogens with one attached hydrogen (secondary N) is 1. The summed E-state index contributed by atoms with van der Waals surface area (Å²) in [5.74, 6) is -0.906. The topological polar surface area (TPSA) is 69.0 Å². The number of halogens is 3. The van der Waals surface area contributed by atoms with Crippen LogP contribution in [-0.4, -0.2) is 16.4 Å². The van der Waals surface area contributed by atoms with Crippen LogP contribution < -0.4 is 9.62 Å². The molecule has 0 aliphatic rings. The molecule has 1 aromatic heterocycles. The number of nitrogens with zero attached hydrogens (tertiary/aromatic N) is 3. The number of aryl methyl sites for hydroxylation is 1. The minimum atomic E-state index is -4.58. The van der Waals surface area contributed by atoms with Crippen LogP contribution in [0.15, 0.2) is 54.6 Å². The molecule has 0 bridgehead atoms. The van der Waals surface area contributed by atoms with Crippen molar-refractivity contribution < 1.29 is 18.0 Å². The molecule has 0 saturated carbocycles. The van der Waals surface area contributed by atoms with E-state index in [0.29, 0.717) is 22.1 Å². The number of carbonyl (C=O) groups is 1. The highest BCUT2D eigenvalue weighted by Crippen LogP contribution is 2.34. The van der Waals surface area contributed by atoms with Crippen molar-refractivity contribution in [1.29, 1.82) is 5.26 Å². The number of carbonyl (C=O) groups excluding carboxylic acids is 1. The van der Waals surface area contributed by atoms with Crippen LogP contribution in [0, 0.1) is 18.3 Å². The Labute approximate surface area is 179 Å². The molecule has 1 heterocycles. The summed E-state index contributed by atoms with van der Waals surface area (Å²) in [4.78, 5) is 18.8. The molecule has 0 aliphatic heterocycles. The van der Waals surface area contributed by atoms with Crippen LogP contribution in [0.1, 0.15) is 26.5 Å². The maximum Gasteiger partial charge on any atom is 0.461 e. The minimum absolute atomic E-state index is 0.0570. The number of nitriles is 1. The summed E-state index contributed by atoms with van der Waals surface area (Å²) in [7, 11) is 0. The lowest BCUT2D eigenvalue weighted by atomic mass is 10.2. The Morgan fingerprint density at radius 3 is 2.47 bits per heavy atom. The van der Waals surface area contributed by atoms with Crippen molar-refractivity contribution in [2.24, 2.45) is 0 Å². The smallest absolute Gasteiger partial charge is 0.313 e. The molecule has 5 nitrogen and oxygen atoms in total. The molecule has 2 aromatic carbocycles. The normalized spacial score (nSPS) is 11.0. The number of alkyl halides is 3. The van der Waals surface area contributed by atoms with E-state index < -0.39 is 23.4 Å². The Balaban J connectivity index is 1.93. The molecule has 3 rings (SSSR count). The molecule has 10 heteroatoms. The first-order chi connectivity index (χ1) is 14.3. The highest BCUT2D eigenvalue weighted by atomic mass is 32.2. The second-order valence-electron chi connectivity index (χ2n) is 6.11. The van der Waals surface area contributed by atoms with E-state index in [4.69, 9.17) is 5.26 Å². The molecule has 0 spiro atoms. The van der Waals surface area contributed by atoms with Crippen LogP contribution in [0.4, 0.5) is 24.0 Å². The van der Waals surface area contributed by atoms with Gasteiger partial charge >= 0.3 is 5.51 Å². The molecule has 0 saturated heterocycles. The predicted octanol–water partition coefficient (Wildman–Crippen LogP) is 5.56. The van der Waals surface area contributed by atoms with E-state index in [1.54, 1.807) is 35.9 Å². The molecule has 0 aliphatic carbocycles. The summed E-state index contributed by atoms with van der Waals surface area (Å²) in [6, 6.07) is 18.5. The second kappa shape index (κ2) is 9.19. The standard InChI is InChI=1S/C20H15F3N4OS2/c1-13-17(18(28)26-30-20(21,22)23)25-19(29-13)27(12-15-5-3-2-4-6-15)16-9-7-14(11-24)8-10-16/h2-10H,12H2,1H3,(H,26,28). The van der Waals surface area contributed by atoms with E-state index in [0.717, 1.165) is 11.3 Å². The Bertz CT molecular complexity index is 1060. The van der Waals surface area contributed by atoms with Gasteiger partial charge in [0.2, 0.25) is 0 Å². The number of anilines is 2. The van der Waals surface area contributed by atoms with E-state index in [2.05, 4.69) is 11.1 Å². The van der Waals surface area contributed by atoms with Crippen LogP contribution in [-0.2, 0) is 6.54 Å². The minimum Gasteiger partial charge on any atom is -0.313 e. The van der Waals surface area contributed by atoms with Crippen LogP contribution in [0.25, 0.3) is 0 Å². The van der Waals surface area contributed by atoms with Gasteiger partial charge in [-0.3, -0.25) is 9.52 Å². The van der Waals surface area contributed by atoms with Gasteiger partial charge in [-0.2, -0.15) is 18.4 Å². The highest BCUT2D eigenvalue weighted by Gasteiger charge is 2.31. The number of hydrogen-bond donors (Lipinski definition) is 1. The fraction of sp³-hybridized carbons (Fsp3) is 0.150. The average molecular weight is 448 g/mol. The molecular weight excluding hydrogens is 433 g/mol. The van der Waals surface area contributed by atoms with Crippen molar-refractivity contribution >= 4 is 40.0 Å². The van der Waals surface area contributed by atoms with Crippen molar-refractivity contribution in [3.05, 3.63) is 76.3 Å². The van der Waals surface area contributed by atoms with E-state index in [9.17, 15) is 18.0 Å². The van der Waals surface area contributed by atoms with Crippen molar-refractivity contribution in [3.63, 3.8) is 0 Å². The van der Waals surface area contributed by atoms with Crippen molar-refractivity contribution in [1.82, 2.24) is 9.71 Å². The molecule has 1 amide bonds. The third-order valence-electron chi connectivity index (χ3n) is 3.98. The zero-order valence-corrected chi connectivity index (χ0v) is 17.2. The largest absolute Gasteiger partial charge is 0.461 e. The molecular formula is C20H15F3N4OS2. The van der Waals surface area contributed by atoms with Crippen LogP contribution >= 0.6 is 23.3 Å². The van der Waals surface area contributed by atoms with Gasteiger partial charge in [0, 0.05) is 10.6 Å².